The van der Waals surface area contributed by atoms with Gasteiger partial charge in [0.05, 0.1) is 12.0 Å². The van der Waals surface area contributed by atoms with Crippen molar-refractivity contribution in [2.45, 2.75) is 59.3 Å². The Labute approximate surface area is 126 Å². The van der Waals surface area contributed by atoms with Gasteiger partial charge in [0.1, 0.15) is 24.9 Å². The molecule has 1 aliphatic heterocycles. The minimum atomic E-state index is -0.650. The molecule has 2 N–H and O–H groups in total. The van der Waals surface area contributed by atoms with Crippen LogP contribution in [0.3, 0.4) is 0 Å². The number of carbonyl (C=O) groups excluding carboxylic acids is 2. The smallest absolute Gasteiger partial charge is 0.323 e. The van der Waals surface area contributed by atoms with Gasteiger partial charge in [0.2, 0.25) is 0 Å². The lowest BCUT2D eigenvalue weighted by molar-refractivity contribution is -0.162. The Kier molecular flexibility index (Phi) is 6.16. The summed E-state index contributed by atoms with van der Waals surface area (Å²) in [6, 6.07) is -0.650. The third-order valence-corrected chi connectivity index (χ3v) is 3.40. The highest BCUT2D eigenvalue weighted by molar-refractivity contribution is 5.76. The van der Waals surface area contributed by atoms with E-state index in [2.05, 4.69) is 0 Å². The maximum atomic E-state index is 11.9. The first kappa shape index (κ1) is 17.9. The summed E-state index contributed by atoms with van der Waals surface area (Å²) in [4.78, 5) is 23.6. The van der Waals surface area contributed by atoms with Gasteiger partial charge in [-0.2, -0.15) is 0 Å². The van der Waals surface area contributed by atoms with Crippen molar-refractivity contribution >= 4 is 11.9 Å². The van der Waals surface area contributed by atoms with Gasteiger partial charge < -0.3 is 19.9 Å². The Hall–Kier alpha value is -1.14. The van der Waals surface area contributed by atoms with Crippen LogP contribution < -0.4 is 5.73 Å². The lowest BCUT2D eigenvalue weighted by Gasteiger charge is -2.23. The van der Waals surface area contributed by atoms with Crippen molar-refractivity contribution < 1.29 is 23.8 Å². The van der Waals surface area contributed by atoms with Gasteiger partial charge in [-0.15, -0.1) is 0 Å². The van der Waals surface area contributed by atoms with Gasteiger partial charge in [-0.3, -0.25) is 9.59 Å². The van der Waals surface area contributed by atoms with E-state index in [-0.39, 0.29) is 18.5 Å². The van der Waals surface area contributed by atoms with Crippen molar-refractivity contribution in [3.8, 4) is 0 Å². The number of nitrogens with two attached hydrogens (primary N) is 1. The summed E-state index contributed by atoms with van der Waals surface area (Å²) in [5, 5.41) is 0. The van der Waals surface area contributed by atoms with Gasteiger partial charge in [0.15, 0.2) is 0 Å². The highest BCUT2D eigenvalue weighted by Gasteiger charge is 2.35. The maximum Gasteiger partial charge on any atom is 0.323 e. The predicted octanol–water partition coefficient (Wildman–Crippen LogP) is 1.26. The van der Waals surface area contributed by atoms with Crippen LogP contribution in [0.5, 0.6) is 0 Å². The number of rotatable bonds is 5. The summed E-state index contributed by atoms with van der Waals surface area (Å²) in [6.45, 7) is 9.63. The number of carbonyl (C=O) groups is 2. The lowest BCUT2D eigenvalue weighted by Crippen LogP contribution is -2.41. The Balaban J connectivity index is 2.49. The summed E-state index contributed by atoms with van der Waals surface area (Å²) in [7, 11) is 0. The Morgan fingerprint density at radius 1 is 1.33 bits per heavy atom. The van der Waals surface area contributed by atoms with Crippen molar-refractivity contribution in [1.29, 1.82) is 0 Å². The zero-order chi connectivity index (χ0) is 16.2. The molecule has 0 aliphatic carbocycles. The largest absolute Gasteiger partial charge is 0.462 e. The van der Waals surface area contributed by atoms with Gasteiger partial charge in [-0.05, 0) is 26.7 Å². The average Bonchev–Trinajstić information content (AvgIpc) is 2.80. The van der Waals surface area contributed by atoms with Crippen LogP contribution in [0.15, 0.2) is 0 Å². The quantitative estimate of drug-likeness (QED) is 0.769. The second kappa shape index (κ2) is 7.22. The number of hydrogen-bond donors (Lipinski definition) is 1. The molecule has 1 fully saturated rings. The third-order valence-electron chi connectivity index (χ3n) is 3.40. The van der Waals surface area contributed by atoms with Gasteiger partial charge in [0.25, 0.3) is 0 Å². The van der Waals surface area contributed by atoms with Crippen molar-refractivity contribution in [3.05, 3.63) is 0 Å². The first-order valence-electron chi connectivity index (χ1n) is 7.38. The summed E-state index contributed by atoms with van der Waals surface area (Å²) < 4.78 is 16.1. The van der Waals surface area contributed by atoms with Gasteiger partial charge >= 0.3 is 11.9 Å². The van der Waals surface area contributed by atoms with Crippen LogP contribution in [-0.4, -0.2) is 43.4 Å². The SMILES string of the molecule is CC(C)[C@H](N)C(=O)OC1CCOC1COC(=O)C(C)(C)C. The molecule has 2 unspecified atom stereocenters. The van der Waals surface area contributed by atoms with E-state index in [1.165, 1.54) is 0 Å². The fourth-order valence-electron chi connectivity index (χ4n) is 1.79. The molecular weight excluding hydrogens is 274 g/mol. The first-order valence-corrected chi connectivity index (χ1v) is 7.38. The van der Waals surface area contributed by atoms with Gasteiger partial charge in [0, 0.05) is 6.42 Å². The molecular formula is C15H27NO5. The monoisotopic (exact) mass is 301 g/mol. The molecule has 6 heteroatoms. The molecule has 0 radical (unpaired) electrons. The van der Waals surface area contributed by atoms with E-state index < -0.39 is 29.6 Å². The standard InChI is InChI=1S/C15H27NO5/c1-9(2)12(16)13(17)21-10-6-7-19-11(10)8-20-14(18)15(3,4)5/h9-12H,6-8,16H2,1-5H3/t10?,11?,12-/m0/s1. The molecule has 122 valence electrons. The van der Waals surface area contributed by atoms with Gasteiger partial charge in [-0.25, -0.2) is 0 Å². The zero-order valence-electron chi connectivity index (χ0n) is 13.5. The summed E-state index contributed by atoms with van der Waals surface area (Å²) >= 11 is 0. The minimum absolute atomic E-state index is 0.0111. The van der Waals surface area contributed by atoms with E-state index in [1.54, 1.807) is 20.8 Å². The van der Waals surface area contributed by atoms with Crippen LogP contribution in [0.4, 0.5) is 0 Å². The van der Waals surface area contributed by atoms with Crippen molar-refractivity contribution in [2.24, 2.45) is 17.1 Å². The highest BCUT2D eigenvalue weighted by atomic mass is 16.6. The van der Waals surface area contributed by atoms with E-state index in [9.17, 15) is 9.59 Å². The Morgan fingerprint density at radius 2 is 1.95 bits per heavy atom. The van der Waals surface area contributed by atoms with Crippen LogP contribution in [0, 0.1) is 11.3 Å². The van der Waals surface area contributed by atoms with Crippen LogP contribution in [0.2, 0.25) is 0 Å². The molecule has 1 heterocycles. The molecule has 0 amide bonds. The Bertz CT molecular complexity index is 375. The molecule has 0 aromatic carbocycles. The molecule has 0 spiro atoms. The summed E-state index contributed by atoms with van der Waals surface area (Å²) in [5.74, 6) is -0.730. The van der Waals surface area contributed by atoms with E-state index in [4.69, 9.17) is 19.9 Å². The molecule has 0 aromatic heterocycles. The van der Waals surface area contributed by atoms with Crippen LogP contribution in [0.25, 0.3) is 0 Å². The number of ether oxygens (including phenoxy) is 3. The third kappa shape index (κ3) is 5.28. The molecule has 6 nitrogen and oxygen atoms in total. The minimum Gasteiger partial charge on any atom is -0.462 e. The number of esters is 2. The molecule has 0 aromatic rings. The van der Waals surface area contributed by atoms with Crippen molar-refractivity contribution in [2.75, 3.05) is 13.2 Å². The maximum absolute atomic E-state index is 11.9. The molecule has 1 saturated heterocycles. The molecule has 0 bridgehead atoms. The predicted molar refractivity (Wildman–Crippen MR) is 77.5 cm³/mol. The van der Waals surface area contributed by atoms with E-state index in [0.717, 1.165) is 0 Å². The summed E-state index contributed by atoms with van der Waals surface area (Å²) in [5.41, 5.74) is 5.20. The lowest BCUT2D eigenvalue weighted by atomic mass is 9.97. The highest BCUT2D eigenvalue weighted by Crippen LogP contribution is 2.21. The summed E-state index contributed by atoms with van der Waals surface area (Å²) in [6.07, 6.45) is -0.233. The average molecular weight is 301 g/mol. The second-order valence-corrected chi connectivity index (χ2v) is 6.79. The molecule has 0 saturated carbocycles. The first-order chi connectivity index (χ1) is 9.62. The normalized spacial score (nSPS) is 24.0. The zero-order valence-corrected chi connectivity index (χ0v) is 13.5. The van der Waals surface area contributed by atoms with Crippen molar-refractivity contribution in [3.63, 3.8) is 0 Å². The van der Waals surface area contributed by atoms with Crippen molar-refractivity contribution in [1.82, 2.24) is 0 Å². The fraction of sp³-hybridized carbons (Fsp3) is 0.867. The molecule has 1 aliphatic rings. The van der Waals surface area contributed by atoms with Crippen LogP contribution in [0.1, 0.15) is 41.0 Å². The molecule has 3 atom stereocenters. The number of hydrogen-bond acceptors (Lipinski definition) is 6. The molecule has 1 rings (SSSR count). The Morgan fingerprint density at radius 3 is 2.48 bits per heavy atom. The van der Waals surface area contributed by atoms with E-state index >= 15 is 0 Å². The van der Waals surface area contributed by atoms with E-state index in [0.29, 0.717) is 13.0 Å². The van der Waals surface area contributed by atoms with Gasteiger partial charge in [-0.1, -0.05) is 13.8 Å². The van der Waals surface area contributed by atoms with Crippen LogP contribution in [-0.2, 0) is 23.8 Å². The van der Waals surface area contributed by atoms with Crippen LogP contribution >= 0.6 is 0 Å². The van der Waals surface area contributed by atoms with E-state index in [1.807, 2.05) is 13.8 Å². The molecule has 21 heavy (non-hydrogen) atoms. The topological polar surface area (TPSA) is 87.9 Å². The fourth-order valence-corrected chi connectivity index (χ4v) is 1.79. The second-order valence-electron chi connectivity index (χ2n) is 6.79.